The molecule has 1 unspecified atom stereocenters. The quantitative estimate of drug-likeness (QED) is 0.779. The molecule has 2 N–H and O–H groups in total. The second-order valence-corrected chi connectivity index (χ2v) is 3.84. The molecule has 0 fully saturated rings. The van der Waals surface area contributed by atoms with Gasteiger partial charge < -0.3 is 10.4 Å². The van der Waals surface area contributed by atoms with E-state index in [2.05, 4.69) is 11.2 Å². The minimum Gasteiger partial charge on any atom is -0.478 e. The van der Waals surface area contributed by atoms with Crippen molar-refractivity contribution in [2.75, 3.05) is 0 Å². The summed E-state index contributed by atoms with van der Waals surface area (Å²) in [4.78, 5) is 23.0. The number of terminal acetylenes is 1. The van der Waals surface area contributed by atoms with E-state index in [0.717, 1.165) is 0 Å². The molecule has 0 bridgehead atoms. The molecule has 18 heavy (non-hydrogen) atoms. The number of aromatic carboxylic acids is 1. The molecule has 1 aromatic rings. The van der Waals surface area contributed by atoms with Crippen molar-refractivity contribution in [2.24, 2.45) is 0 Å². The van der Waals surface area contributed by atoms with Gasteiger partial charge in [-0.3, -0.25) is 4.79 Å². The Balaban J connectivity index is 2.91. The van der Waals surface area contributed by atoms with E-state index in [1.165, 1.54) is 12.1 Å². The minimum atomic E-state index is -1.12. The highest BCUT2D eigenvalue weighted by atomic mass is 16.4. The molecule has 0 aliphatic carbocycles. The first kappa shape index (κ1) is 13.8. The van der Waals surface area contributed by atoms with E-state index >= 15 is 0 Å². The Morgan fingerprint density at radius 2 is 2.00 bits per heavy atom. The molecular weight excluding hydrogens is 230 g/mol. The lowest BCUT2D eigenvalue weighted by Gasteiger charge is -2.15. The average molecular weight is 245 g/mol. The van der Waals surface area contributed by atoms with Gasteiger partial charge in [-0.05, 0) is 18.6 Å². The highest BCUT2D eigenvalue weighted by Crippen LogP contribution is 2.09. The van der Waals surface area contributed by atoms with Gasteiger partial charge in [0.1, 0.15) is 0 Å². The first-order valence-corrected chi connectivity index (χ1v) is 5.66. The van der Waals surface area contributed by atoms with Crippen molar-refractivity contribution >= 4 is 11.9 Å². The average Bonchev–Trinajstić information content (AvgIpc) is 2.38. The lowest BCUT2D eigenvalue weighted by Crippen LogP contribution is -2.34. The number of hydrogen-bond donors (Lipinski definition) is 2. The van der Waals surface area contributed by atoms with Crippen LogP contribution in [0.25, 0.3) is 0 Å². The third-order valence-corrected chi connectivity index (χ3v) is 2.59. The lowest BCUT2D eigenvalue weighted by molar-refractivity contribution is 0.0690. The molecule has 1 amide bonds. The van der Waals surface area contributed by atoms with Gasteiger partial charge in [-0.15, -0.1) is 12.3 Å². The molecule has 1 rings (SSSR count). The smallest absolute Gasteiger partial charge is 0.336 e. The predicted molar refractivity (Wildman–Crippen MR) is 68.4 cm³/mol. The van der Waals surface area contributed by atoms with Crippen molar-refractivity contribution in [3.63, 3.8) is 0 Å². The van der Waals surface area contributed by atoms with Crippen LogP contribution in [0.15, 0.2) is 24.3 Å². The van der Waals surface area contributed by atoms with Crippen molar-refractivity contribution < 1.29 is 14.7 Å². The molecule has 0 saturated heterocycles. The molecule has 0 radical (unpaired) electrons. The van der Waals surface area contributed by atoms with E-state index < -0.39 is 11.9 Å². The third kappa shape index (κ3) is 3.36. The molecule has 4 heteroatoms. The Morgan fingerprint density at radius 3 is 2.50 bits per heavy atom. The van der Waals surface area contributed by atoms with Gasteiger partial charge in [0.25, 0.3) is 5.91 Å². The van der Waals surface area contributed by atoms with Crippen LogP contribution in [-0.4, -0.2) is 23.0 Å². The van der Waals surface area contributed by atoms with Crippen LogP contribution in [0, 0.1) is 12.3 Å². The van der Waals surface area contributed by atoms with Crippen molar-refractivity contribution in [1.29, 1.82) is 0 Å². The summed E-state index contributed by atoms with van der Waals surface area (Å²) in [6.07, 6.45) is 6.33. The Kier molecular flexibility index (Phi) is 4.94. The van der Waals surface area contributed by atoms with Gasteiger partial charge >= 0.3 is 5.97 Å². The maximum Gasteiger partial charge on any atom is 0.336 e. The molecule has 0 heterocycles. The van der Waals surface area contributed by atoms with Crippen LogP contribution in [-0.2, 0) is 0 Å². The van der Waals surface area contributed by atoms with Gasteiger partial charge in [-0.25, -0.2) is 4.79 Å². The van der Waals surface area contributed by atoms with Crippen LogP contribution in [0.3, 0.4) is 0 Å². The van der Waals surface area contributed by atoms with E-state index in [1.807, 2.05) is 6.92 Å². The highest BCUT2D eigenvalue weighted by Gasteiger charge is 2.17. The van der Waals surface area contributed by atoms with Crippen LogP contribution in [0.5, 0.6) is 0 Å². The Morgan fingerprint density at radius 1 is 1.39 bits per heavy atom. The van der Waals surface area contributed by atoms with Crippen LogP contribution >= 0.6 is 0 Å². The number of carboxylic acids is 1. The fourth-order valence-electron chi connectivity index (χ4n) is 1.57. The summed E-state index contributed by atoms with van der Waals surface area (Å²) in [5.41, 5.74) is 0.144. The first-order valence-electron chi connectivity index (χ1n) is 5.66. The van der Waals surface area contributed by atoms with Gasteiger partial charge in [0.2, 0.25) is 0 Å². The van der Waals surface area contributed by atoms with E-state index in [1.54, 1.807) is 12.1 Å². The summed E-state index contributed by atoms with van der Waals surface area (Å²) in [6.45, 7) is 1.91. The molecular formula is C14H15NO3. The Labute approximate surface area is 106 Å². The molecule has 94 valence electrons. The van der Waals surface area contributed by atoms with Gasteiger partial charge in [0.15, 0.2) is 0 Å². The van der Waals surface area contributed by atoms with Crippen LogP contribution in [0.4, 0.5) is 0 Å². The zero-order valence-corrected chi connectivity index (χ0v) is 10.1. The topological polar surface area (TPSA) is 66.4 Å². The molecule has 0 aliphatic rings. The van der Waals surface area contributed by atoms with Crippen molar-refractivity contribution in [2.45, 2.75) is 25.8 Å². The summed E-state index contributed by atoms with van der Waals surface area (Å²) in [7, 11) is 0. The molecule has 0 saturated carbocycles. The second kappa shape index (κ2) is 6.45. The number of rotatable bonds is 5. The number of hydrogen-bond acceptors (Lipinski definition) is 2. The molecule has 1 atom stereocenters. The van der Waals surface area contributed by atoms with Gasteiger partial charge in [0.05, 0.1) is 11.1 Å². The second-order valence-electron chi connectivity index (χ2n) is 3.84. The Hall–Kier alpha value is -2.28. The number of carbonyl (C=O) groups is 2. The molecule has 0 aromatic heterocycles. The normalized spacial score (nSPS) is 11.3. The number of nitrogens with one attached hydrogen (secondary N) is 1. The van der Waals surface area contributed by atoms with Crippen molar-refractivity contribution in [3.05, 3.63) is 35.4 Å². The molecule has 0 spiro atoms. The van der Waals surface area contributed by atoms with E-state index in [-0.39, 0.29) is 17.2 Å². The monoisotopic (exact) mass is 245 g/mol. The van der Waals surface area contributed by atoms with Crippen molar-refractivity contribution in [1.82, 2.24) is 5.32 Å². The number of carboxylic acid groups (broad SMARTS) is 1. The van der Waals surface area contributed by atoms with Crippen LogP contribution < -0.4 is 5.32 Å². The fraction of sp³-hybridized carbons (Fsp3) is 0.286. The molecule has 1 aromatic carbocycles. The van der Waals surface area contributed by atoms with E-state index in [9.17, 15) is 9.59 Å². The summed E-state index contributed by atoms with van der Waals surface area (Å²) < 4.78 is 0. The summed E-state index contributed by atoms with van der Waals surface area (Å²) in [6, 6.07) is 5.97. The highest BCUT2D eigenvalue weighted by molar-refractivity contribution is 6.04. The van der Waals surface area contributed by atoms with Gasteiger partial charge in [-0.2, -0.15) is 0 Å². The van der Waals surface area contributed by atoms with Gasteiger partial charge in [-0.1, -0.05) is 19.1 Å². The number of carbonyl (C=O) groups excluding carboxylic acids is 1. The fourth-order valence-corrected chi connectivity index (χ4v) is 1.57. The lowest BCUT2D eigenvalue weighted by atomic mass is 10.1. The molecule has 0 aliphatic heterocycles. The first-order chi connectivity index (χ1) is 8.60. The number of amides is 1. The van der Waals surface area contributed by atoms with E-state index in [4.69, 9.17) is 11.5 Å². The SMILES string of the molecule is C#CCC(CC)NC(=O)c1ccccc1C(=O)O. The Bertz CT molecular complexity index is 488. The standard InChI is InChI=1S/C14H15NO3/c1-3-7-10(4-2)15-13(16)11-8-5-6-9-12(11)14(17)18/h1,5-6,8-10H,4,7H2,2H3,(H,15,16)(H,17,18). The van der Waals surface area contributed by atoms with Gasteiger partial charge in [0, 0.05) is 12.5 Å². The predicted octanol–water partition coefficient (Wildman–Crippen LogP) is 1.92. The zero-order valence-electron chi connectivity index (χ0n) is 10.1. The summed E-state index contributed by atoms with van der Waals surface area (Å²) in [5, 5.41) is 11.7. The number of benzene rings is 1. The van der Waals surface area contributed by atoms with Crippen LogP contribution in [0.1, 0.15) is 40.5 Å². The van der Waals surface area contributed by atoms with E-state index in [0.29, 0.717) is 12.8 Å². The summed E-state index contributed by atoms with van der Waals surface area (Å²) >= 11 is 0. The van der Waals surface area contributed by atoms with Crippen LogP contribution in [0.2, 0.25) is 0 Å². The largest absolute Gasteiger partial charge is 0.478 e. The molecule has 4 nitrogen and oxygen atoms in total. The summed E-state index contributed by atoms with van der Waals surface area (Å²) in [5.74, 6) is 0.955. The third-order valence-electron chi connectivity index (χ3n) is 2.59. The minimum absolute atomic E-state index is 0.00874. The maximum atomic E-state index is 12.0. The van der Waals surface area contributed by atoms with Crippen molar-refractivity contribution in [3.8, 4) is 12.3 Å². The maximum absolute atomic E-state index is 12.0. The zero-order chi connectivity index (χ0) is 13.5.